The topological polar surface area (TPSA) is 60.9 Å². The van der Waals surface area contributed by atoms with Crippen LogP contribution in [0.25, 0.3) is 0 Å². The summed E-state index contributed by atoms with van der Waals surface area (Å²) in [4.78, 5) is 28.5. The molecule has 1 fully saturated rings. The van der Waals surface area contributed by atoms with Gasteiger partial charge >= 0.3 is 0 Å². The predicted molar refractivity (Wildman–Crippen MR) is 88.6 cm³/mol. The van der Waals surface area contributed by atoms with Crippen molar-refractivity contribution in [2.24, 2.45) is 0 Å². The van der Waals surface area contributed by atoms with Crippen LogP contribution in [0, 0.1) is 5.82 Å². The van der Waals surface area contributed by atoms with Crippen LogP contribution in [0.3, 0.4) is 0 Å². The number of benzene rings is 1. The number of hydrogen-bond acceptors (Lipinski definition) is 4. The summed E-state index contributed by atoms with van der Waals surface area (Å²) in [5.41, 5.74) is 0.772. The van der Waals surface area contributed by atoms with Crippen molar-refractivity contribution in [1.82, 2.24) is 9.80 Å². The lowest BCUT2D eigenvalue weighted by atomic mass is 10.1. The van der Waals surface area contributed by atoms with Gasteiger partial charge in [-0.05, 0) is 17.7 Å². The Balaban J connectivity index is 1.53. The molecule has 24 heavy (non-hydrogen) atoms. The zero-order valence-corrected chi connectivity index (χ0v) is 13.8. The van der Waals surface area contributed by atoms with Gasteiger partial charge in [0.15, 0.2) is 0 Å². The molecular formula is C17H17FN2O3S. The van der Waals surface area contributed by atoms with Gasteiger partial charge in [0, 0.05) is 37.6 Å². The average molecular weight is 348 g/mol. The highest BCUT2D eigenvalue weighted by molar-refractivity contribution is 7.12. The van der Waals surface area contributed by atoms with E-state index in [4.69, 9.17) is 0 Å². The molecule has 126 valence electrons. The number of nitrogens with zero attached hydrogens (tertiary/aromatic N) is 2. The van der Waals surface area contributed by atoms with E-state index in [2.05, 4.69) is 0 Å². The van der Waals surface area contributed by atoms with Crippen LogP contribution in [0.15, 0.2) is 35.7 Å². The summed E-state index contributed by atoms with van der Waals surface area (Å²) < 4.78 is 12.9. The van der Waals surface area contributed by atoms with E-state index in [0.29, 0.717) is 31.1 Å². The van der Waals surface area contributed by atoms with Crippen LogP contribution in [0.4, 0.5) is 4.39 Å². The Morgan fingerprint density at radius 2 is 1.71 bits per heavy atom. The standard InChI is InChI=1S/C17H17FN2O3S/c18-13-3-1-12(2-4-13)9-16(22)19-5-7-20(8-6-19)17(23)15-10-14(21)11-24-15/h1-4,10-11,21H,5-9H2. The molecule has 1 aromatic carbocycles. The molecule has 0 spiro atoms. The normalized spacial score (nSPS) is 14.7. The zero-order valence-electron chi connectivity index (χ0n) is 12.9. The lowest BCUT2D eigenvalue weighted by Gasteiger charge is -2.34. The minimum absolute atomic E-state index is 0.0255. The van der Waals surface area contributed by atoms with E-state index in [0.717, 1.165) is 5.56 Å². The first-order valence-corrected chi connectivity index (χ1v) is 8.50. The predicted octanol–water partition coefficient (Wildman–Crippen LogP) is 2.12. The van der Waals surface area contributed by atoms with Crippen LogP contribution in [-0.2, 0) is 11.2 Å². The molecule has 1 aliphatic heterocycles. The number of aromatic hydroxyl groups is 1. The highest BCUT2D eigenvalue weighted by Gasteiger charge is 2.25. The van der Waals surface area contributed by atoms with Crippen LogP contribution in [0.2, 0.25) is 0 Å². The summed E-state index contributed by atoms with van der Waals surface area (Å²) in [6.07, 6.45) is 0.229. The first-order valence-electron chi connectivity index (χ1n) is 7.62. The molecule has 0 radical (unpaired) electrons. The third kappa shape index (κ3) is 3.73. The van der Waals surface area contributed by atoms with E-state index >= 15 is 0 Å². The Morgan fingerprint density at radius 3 is 2.29 bits per heavy atom. The molecule has 7 heteroatoms. The van der Waals surface area contributed by atoms with Gasteiger partial charge in [-0.15, -0.1) is 11.3 Å². The molecule has 1 N–H and O–H groups in total. The molecule has 3 rings (SSSR count). The van der Waals surface area contributed by atoms with Crippen molar-refractivity contribution in [2.45, 2.75) is 6.42 Å². The maximum atomic E-state index is 12.9. The Hall–Kier alpha value is -2.41. The van der Waals surface area contributed by atoms with Gasteiger partial charge < -0.3 is 14.9 Å². The molecule has 2 aromatic rings. The fourth-order valence-electron chi connectivity index (χ4n) is 2.64. The third-order valence-electron chi connectivity index (χ3n) is 3.98. The van der Waals surface area contributed by atoms with E-state index in [1.807, 2.05) is 0 Å². The number of amides is 2. The van der Waals surface area contributed by atoms with E-state index in [-0.39, 0.29) is 29.8 Å². The van der Waals surface area contributed by atoms with Crippen molar-refractivity contribution in [3.05, 3.63) is 52.0 Å². The number of thiophene rings is 1. The second-order valence-electron chi connectivity index (χ2n) is 5.65. The summed E-state index contributed by atoms with van der Waals surface area (Å²) in [6, 6.07) is 7.36. The molecular weight excluding hydrogens is 331 g/mol. The number of carbonyl (C=O) groups is 2. The lowest BCUT2D eigenvalue weighted by Crippen LogP contribution is -2.50. The first kappa shape index (κ1) is 16.4. The maximum absolute atomic E-state index is 12.9. The SMILES string of the molecule is O=C(Cc1ccc(F)cc1)N1CCN(C(=O)c2cc(O)cs2)CC1. The molecule has 0 unspecified atom stereocenters. The molecule has 0 aliphatic carbocycles. The lowest BCUT2D eigenvalue weighted by molar-refractivity contribution is -0.131. The van der Waals surface area contributed by atoms with Crippen LogP contribution in [0.5, 0.6) is 5.75 Å². The van der Waals surface area contributed by atoms with Crippen molar-refractivity contribution >= 4 is 23.2 Å². The fourth-order valence-corrected chi connectivity index (χ4v) is 3.38. The average Bonchev–Trinajstić information content (AvgIpc) is 3.03. The Kier molecular flexibility index (Phi) is 4.80. The molecule has 2 amide bonds. The minimum atomic E-state index is -0.321. The van der Waals surface area contributed by atoms with Gasteiger partial charge in [-0.1, -0.05) is 12.1 Å². The third-order valence-corrected chi connectivity index (χ3v) is 4.89. The number of piperazine rings is 1. The molecule has 5 nitrogen and oxygen atoms in total. The summed E-state index contributed by atoms with van der Waals surface area (Å²) in [6.45, 7) is 1.88. The Bertz CT molecular complexity index is 737. The van der Waals surface area contributed by atoms with E-state index < -0.39 is 0 Å². The number of hydrogen-bond donors (Lipinski definition) is 1. The molecule has 1 aromatic heterocycles. The zero-order chi connectivity index (χ0) is 17.1. The van der Waals surface area contributed by atoms with E-state index in [1.165, 1.54) is 34.9 Å². The largest absolute Gasteiger partial charge is 0.507 e. The quantitative estimate of drug-likeness (QED) is 0.924. The molecule has 1 saturated heterocycles. The van der Waals surface area contributed by atoms with Crippen molar-refractivity contribution in [3.8, 4) is 5.75 Å². The van der Waals surface area contributed by atoms with Gasteiger partial charge in [-0.3, -0.25) is 9.59 Å². The van der Waals surface area contributed by atoms with Gasteiger partial charge in [0.05, 0.1) is 11.3 Å². The van der Waals surface area contributed by atoms with Crippen LogP contribution in [-0.4, -0.2) is 52.9 Å². The first-order chi connectivity index (χ1) is 11.5. The summed E-state index contributed by atoms with van der Waals surface area (Å²) in [5, 5.41) is 10.9. The number of halogens is 1. The van der Waals surface area contributed by atoms with Crippen molar-refractivity contribution in [2.75, 3.05) is 26.2 Å². The highest BCUT2D eigenvalue weighted by atomic mass is 32.1. The number of rotatable bonds is 3. The van der Waals surface area contributed by atoms with Gasteiger partial charge in [0.1, 0.15) is 11.6 Å². The van der Waals surface area contributed by atoms with Gasteiger partial charge in [0.2, 0.25) is 5.91 Å². The van der Waals surface area contributed by atoms with Crippen molar-refractivity contribution in [3.63, 3.8) is 0 Å². The van der Waals surface area contributed by atoms with Gasteiger partial charge in [0.25, 0.3) is 5.91 Å². The molecule has 0 bridgehead atoms. The van der Waals surface area contributed by atoms with Crippen molar-refractivity contribution in [1.29, 1.82) is 0 Å². The maximum Gasteiger partial charge on any atom is 0.264 e. The summed E-state index contributed by atoms with van der Waals surface area (Å²) >= 11 is 1.21. The molecule has 0 saturated carbocycles. The monoisotopic (exact) mass is 348 g/mol. The smallest absolute Gasteiger partial charge is 0.264 e. The second-order valence-corrected chi connectivity index (χ2v) is 6.56. The highest BCUT2D eigenvalue weighted by Crippen LogP contribution is 2.22. The number of carbonyl (C=O) groups excluding carboxylic acids is 2. The Morgan fingerprint density at radius 1 is 1.08 bits per heavy atom. The van der Waals surface area contributed by atoms with E-state index in [1.54, 1.807) is 21.9 Å². The fraction of sp³-hybridized carbons (Fsp3) is 0.294. The van der Waals surface area contributed by atoms with Crippen LogP contribution >= 0.6 is 11.3 Å². The molecule has 1 aliphatic rings. The van der Waals surface area contributed by atoms with Crippen LogP contribution < -0.4 is 0 Å². The Labute approximate surface area is 142 Å². The molecule has 2 heterocycles. The van der Waals surface area contributed by atoms with Gasteiger partial charge in [-0.2, -0.15) is 0 Å². The van der Waals surface area contributed by atoms with Crippen molar-refractivity contribution < 1.29 is 19.1 Å². The minimum Gasteiger partial charge on any atom is -0.507 e. The van der Waals surface area contributed by atoms with Gasteiger partial charge in [-0.25, -0.2) is 4.39 Å². The van der Waals surface area contributed by atoms with E-state index in [9.17, 15) is 19.1 Å². The summed E-state index contributed by atoms with van der Waals surface area (Å²) in [7, 11) is 0. The molecule has 0 atom stereocenters. The van der Waals surface area contributed by atoms with Crippen LogP contribution in [0.1, 0.15) is 15.2 Å². The second kappa shape index (κ2) is 7.00. The summed E-state index contributed by atoms with van der Waals surface area (Å²) in [5.74, 6) is -0.372.